The molecule has 5 rings (SSSR count). The number of alkyl carbamates (subject to hydrolysis) is 1. The molecule has 3 N–H and O–H groups in total. The van der Waals surface area contributed by atoms with Crippen molar-refractivity contribution in [2.75, 3.05) is 20.0 Å². The lowest BCUT2D eigenvalue weighted by Crippen LogP contribution is -2.88. The Hall–Kier alpha value is -4.12. The van der Waals surface area contributed by atoms with Crippen LogP contribution in [0.25, 0.3) is 0 Å². The molecule has 3 fully saturated rings. The van der Waals surface area contributed by atoms with Gasteiger partial charge in [-0.2, -0.15) is 0 Å². The molecule has 8 atom stereocenters. The topological polar surface area (TPSA) is 195 Å². The number of carbonyl (C=O) groups is 4. The predicted octanol–water partition coefficient (Wildman–Crippen LogP) is 2.40. The van der Waals surface area contributed by atoms with Crippen LogP contribution < -0.4 is 5.32 Å². The quantitative estimate of drug-likeness (QED) is 0.133. The number of benzene rings is 2. The molecule has 2 saturated heterocycles. The maximum atomic E-state index is 13.7. The SMILES string of the molecule is CC(=O)O[C@@H]1[C@H]([C@H]2COC(C)(C)O2)[C@]2(NC(=O)OC(C)(C)C)[C@H](O)C(=O)O[C@@H]([C@H]2OCOCc2ccccc2)[C@]1(O)COC(=O)c1ccccc1. The Morgan fingerprint density at radius 2 is 1.65 bits per heavy atom. The first-order valence-electron chi connectivity index (χ1n) is 16.5. The number of rotatable bonds is 11. The maximum absolute atomic E-state index is 13.7. The van der Waals surface area contributed by atoms with Crippen LogP contribution in [0.2, 0.25) is 0 Å². The van der Waals surface area contributed by atoms with E-state index < -0.39 is 96.4 Å². The van der Waals surface area contributed by atoms with Crippen LogP contribution in [0.1, 0.15) is 57.5 Å². The number of amides is 1. The van der Waals surface area contributed by atoms with Crippen LogP contribution in [0.15, 0.2) is 60.7 Å². The number of aliphatic hydroxyl groups excluding tert-OH is 1. The standard InChI is InChI=1S/C36H45NO14/c1-21(38)48-27-25(24-18-47-34(5,6)50-24)36(37-32(42)51-33(2,3)4)26(39)31(41)49-28(29(36)46-20-44-17-22-13-9-7-10-14-22)35(27,43)19-45-30(40)23-15-11-8-12-16-23/h7-16,24-29,39,43H,17-20H2,1-6H3,(H,37,42)/t24-,25+,26-,27-,28+,29-,35+,36+/m1/s1. The van der Waals surface area contributed by atoms with E-state index in [1.807, 2.05) is 30.3 Å². The summed E-state index contributed by atoms with van der Waals surface area (Å²) < 4.78 is 46.8. The van der Waals surface area contributed by atoms with Crippen LogP contribution in [0.4, 0.5) is 4.79 Å². The fraction of sp³-hybridized carbons (Fsp3) is 0.556. The van der Waals surface area contributed by atoms with Gasteiger partial charge in [-0.05, 0) is 52.3 Å². The highest BCUT2D eigenvalue weighted by atomic mass is 16.7. The van der Waals surface area contributed by atoms with Gasteiger partial charge in [0.05, 0.1) is 30.8 Å². The molecule has 2 aromatic rings. The first-order chi connectivity index (χ1) is 24.0. The largest absolute Gasteiger partial charge is 0.459 e. The lowest BCUT2D eigenvalue weighted by molar-refractivity contribution is -0.327. The third-order valence-corrected chi connectivity index (χ3v) is 8.86. The van der Waals surface area contributed by atoms with Crippen molar-refractivity contribution in [1.82, 2.24) is 5.32 Å². The number of nitrogens with one attached hydrogen (secondary N) is 1. The first kappa shape index (κ1) is 38.1. The van der Waals surface area contributed by atoms with E-state index in [0.717, 1.165) is 12.5 Å². The monoisotopic (exact) mass is 715 g/mol. The molecular formula is C36H45NO14. The van der Waals surface area contributed by atoms with Gasteiger partial charge in [-0.1, -0.05) is 48.5 Å². The van der Waals surface area contributed by atoms with Gasteiger partial charge in [0.1, 0.15) is 36.7 Å². The third kappa shape index (κ3) is 8.19. The van der Waals surface area contributed by atoms with Crippen molar-refractivity contribution in [3.63, 3.8) is 0 Å². The van der Waals surface area contributed by atoms with Crippen molar-refractivity contribution in [3.05, 3.63) is 71.8 Å². The van der Waals surface area contributed by atoms with E-state index in [1.54, 1.807) is 52.8 Å². The Morgan fingerprint density at radius 1 is 1.00 bits per heavy atom. The Kier molecular flexibility index (Phi) is 11.1. The molecule has 1 saturated carbocycles. The maximum Gasteiger partial charge on any atom is 0.408 e. The fourth-order valence-corrected chi connectivity index (χ4v) is 6.85. The number of aliphatic hydroxyl groups is 2. The van der Waals surface area contributed by atoms with E-state index in [-0.39, 0.29) is 18.8 Å². The first-order valence-corrected chi connectivity index (χ1v) is 16.5. The van der Waals surface area contributed by atoms with E-state index in [4.69, 9.17) is 37.9 Å². The van der Waals surface area contributed by atoms with Crippen LogP contribution in [-0.2, 0) is 54.1 Å². The summed E-state index contributed by atoms with van der Waals surface area (Å²) >= 11 is 0. The van der Waals surface area contributed by atoms with Crippen molar-refractivity contribution in [2.45, 2.75) is 101 Å². The summed E-state index contributed by atoms with van der Waals surface area (Å²) in [5.41, 5.74) is -4.95. The summed E-state index contributed by atoms with van der Waals surface area (Å²) in [6, 6.07) is 17.0. The zero-order chi connectivity index (χ0) is 37.2. The second-order valence-electron chi connectivity index (χ2n) is 14.2. The highest BCUT2D eigenvalue weighted by Crippen LogP contribution is 2.52. The number of ether oxygens (including phenoxy) is 8. The van der Waals surface area contributed by atoms with Gasteiger partial charge in [-0.3, -0.25) is 4.79 Å². The highest BCUT2D eigenvalue weighted by molar-refractivity contribution is 5.89. The predicted molar refractivity (Wildman–Crippen MR) is 175 cm³/mol. The lowest BCUT2D eigenvalue weighted by Gasteiger charge is -2.63. The molecule has 0 radical (unpaired) electrons. The summed E-state index contributed by atoms with van der Waals surface area (Å²) in [5, 5.41) is 27.2. The molecule has 2 aromatic carbocycles. The van der Waals surface area contributed by atoms with Gasteiger partial charge in [-0.25, -0.2) is 14.4 Å². The van der Waals surface area contributed by atoms with E-state index in [1.165, 1.54) is 12.1 Å². The number of esters is 3. The van der Waals surface area contributed by atoms with Gasteiger partial charge in [0.25, 0.3) is 0 Å². The molecule has 2 bridgehead atoms. The van der Waals surface area contributed by atoms with Crippen LogP contribution in [0, 0.1) is 5.92 Å². The van der Waals surface area contributed by atoms with Gasteiger partial charge in [0.2, 0.25) is 0 Å². The number of carbonyl (C=O) groups excluding carboxylic acids is 4. The van der Waals surface area contributed by atoms with E-state index in [0.29, 0.717) is 0 Å². The third-order valence-electron chi connectivity index (χ3n) is 8.86. The molecule has 0 aromatic heterocycles. The zero-order valence-electron chi connectivity index (χ0n) is 29.4. The van der Waals surface area contributed by atoms with E-state index in [9.17, 15) is 29.4 Å². The van der Waals surface area contributed by atoms with Crippen molar-refractivity contribution in [2.24, 2.45) is 5.92 Å². The van der Waals surface area contributed by atoms with Gasteiger partial charge < -0.3 is 53.4 Å². The Balaban J connectivity index is 1.64. The molecule has 0 spiro atoms. The molecule has 15 nitrogen and oxygen atoms in total. The highest BCUT2D eigenvalue weighted by Gasteiger charge is 2.77. The second kappa shape index (κ2) is 14.9. The lowest BCUT2D eigenvalue weighted by atomic mass is 9.56. The van der Waals surface area contributed by atoms with Gasteiger partial charge in [0.15, 0.2) is 23.6 Å². The Labute approximate surface area is 295 Å². The molecule has 51 heavy (non-hydrogen) atoms. The molecule has 278 valence electrons. The smallest absolute Gasteiger partial charge is 0.408 e. The summed E-state index contributed by atoms with van der Waals surface area (Å²) in [7, 11) is 0. The molecule has 1 amide bonds. The van der Waals surface area contributed by atoms with Gasteiger partial charge in [0, 0.05) is 6.92 Å². The van der Waals surface area contributed by atoms with E-state index in [2.05, 4.69) is 5.32 Å². The zero-order valence-corrected chi connectivity index (χ0v) is 29.4. The fourth-order valence-electron chi connectivity index (χ4n) is 6.85. The van der Waals surface area contributed by atoms with E-state index >= 15 is 0 Å². The molecule has 15 heteroatoms. The average molecular weight is 716 g/mol. The van der Waals surface area contributed by atoms with Crippen LogP contribution in [-0.4, -0.2) is 107 Å². The minimum absolute atomic E-state index is 0.0826. The molecule has 2 heterocycles. The molecular weight excluding hydrogens is 670 g/mol. The number of hydrogen-bond acceptors (Lipinski definition) is 14. The number of hydrogen-bond donors (Lipinski definition) is 3. The second-order valence-corrected chi connectivity index (χ2v) is 14.2. The van der Waals surface area contributed by atoms with Gasteiger partial charge in [-0.15, -0.1) is 0 Å². The van der Waals surface area contributed by atoms with Crippen LogP contribution in [0.5, 0.6) is 0 Å². The van der Waals surface area contributed by atoms with Gasteiger partial charge >= 0.3 is 24.0 Å². The Morgan fingerprint density at radius 3 is 2.24 bits per heavy atom. The summed E-state index contributed by atoms with van der Waals surface area (Å²) in [6.07, 6.45) is -9.75. The molecule has 3 aliphatic rings. The summed E-state index contributed by atoms with van der Waals surface area (Å²) in [5.74, 6) is -5.78. The average Bonchev–Trinajstić information content (AvgIpc) is 3.42. The van der Waals surface area contributed by atoms with Crippen molar-refractivity contribution in [3.8, 4) is 0 Å². The van der Waals surface area contributed by atoms with Crippen LogP contribution in [0.3, 0.4) is 0 Å². The molecule has 0 unspecified atom stereocenters. The summed E-state index contributed by atoms with van der Waals surface area (Å²) in [6.45, 7) is 7.60. The van der Waals surface area contributed by atoms with Crippen molar-refractivity contribution in [1.29, 1.82) is 0 Å². The van der Waals surface area contributed by atoms with Crippen molar-refractivity contribution >= 4 is 24.0 Å². The minimum Gasteiger partial charge on any atom is -0.459 e. The van der Waals surface area contributed by atoms with Crippen molar-refractivity contribution < 1.29 is 67.3 Å². The molecule has 1 aliphatic carbocycles. The minimum atomic E-state index is -2.56. The normalized spacial score (nSPS) is 31.3. The molecule has 2 aliphatic heterocycles. The Bertz CT molecular complexity index is 1560. The number of fused-ring (bicyclic) bond motifs is 2. The summed E-state index contributed by atoms with van der Waals surface area (Å²) in [4.78, 5) is 53.3. The van der Waals surface area contributed by atoms with Crippen LogP contribution >= 0.6 is 0 Å².